The Labute approximate surface area is 421 Å². The number of piperidine rings is 4. The fourth-order valence-electron chi connectivity index (χ4n) is 11.1. The maximum atomic E-state index is 13.7. The number of halogens is 1. The molecule has 2 unspecified atom stereocenters. The van der Waals surface area contributed by atoms with Gasteiger partial charge in [0.1, 0.15) is 11.9 Å². The molecule has 0 saturated carbocycles. The van der Waals surface area contributed by atoms with Gasteiger partial charge in [-0.05, 0) is 142 Å². The first-order chi connectivity index (χ1) is 34.9. The Balaban J connectivity index is 0.723. The number of fused-ring (bicyclic) bond motifs is 1. The first-order valence-electron chi connectivity index (χ1n) is 25.6. The number of nitrogens with one attached hydrogen (secondary N) is 2. The second kappa shape index (κ2) is 22.7. The SMILES string of the molecule is CC(c1ccc(C#CC2CCN(CCn3cc(C(=O)N4CCC(c5ccc(N(C)C6CCC(=O)NC6=O)c(N(C)C=O)c5)CC4)cn3)CC2)c2ccccc12)N1CCC(C(=O)NCc2cccc(F)c2)CC1. The van der Waals surface area contributed by atoms with Crippen molar-refractivity contribution in [2.24, 2.45) is 11.8 Å². The normalized spacial score (nSPS) is 19.1. The van der Waals surface area contributed by atoms with E-state index in [4.69, 9.17) is 0 Å². The first-order valence-corrected chi connectivity index (χ1v) is 25.6. The molecule has 0 bridgehead atoms. The molecule has 0 spiro atoms. The number of hydrogen-bond acceptors (Lipinski definition) is 9. The van der Waals surface area contributed by atoms with Crippen LogP contribution in [0.5, 0.6) is 0 Å². The van der Waals surface area contributed by atoms with Gasteiger partial charge < -0.3 is 24.9 Å². The summed E-state index contributed by atoms with van der Waals surface area (Å²) in [4.78, 5) is 73.2. The van der Waals surface area contributed by atoms with Crippen molar-refractivity contribution in [3.05, 3.63) is 125 Å². The molecule has 4 saturated heterocycles. The van der Waals surface area contributed by atoms with E-state index in [9.17, 15) is 28.4 Å². The van der Waals surface area contributed by atoms with Gasteiger partial charge >= 0.3 is 0 Å². The van der Waals surface area contributed by atoms with Gasteiger partial charge in [0.05, 0.1) is 29.7 Å². The van der Waals surface area contributed by atoms with Crippen molar-refractivity contribution < 1.29 is 28.4 Å². The minimum atomic E-state index is -0.515. The molecule has 15 heteroatoms. The van der Waals surface area contributed by atoms with E-state index in [1.54, 1.807) is 19.3 Å². The van der Waals surface area contributed by atoms with Crippen molar-refractivity contribution in [2.45, 2.75) is 89.4 Å². The number of carbonyl (C=O) groups is 5. The van der Waals surface area contributed by atoms with Gasteiger partial charge in [-0.25, -0.2) is 4.39 Å². The lowest BCUT2D eigenvalue weighted by atomic mass is 9.88. The van der Waals surface area contributed by atoms with Gasteiger partial charge in [0.25, 0.3) is 5.91 Å². The quantitative estimate of drug-likeness (QED) is 0.0692. The number of imide groups is 1. The highest BCUT2D eigenvalue weighted by Gasteiger charge is 2.33. The van der Waals surface area contributed by atoms with E-state index >= 15 is 0 Å². The number of likely N-dealkylation sites (N-methyl/N-ethyl adjacent to an activating group) is 1. The third kappa shape index (κ3) is 11.6. The molecule has 5 heterocycles. The molecule has 5 aromatic rings. The van der Waals surface area contributed by atoms with Gasteiger partial charge in [0.15, 0.2) is 0 Å². The number of aromatic nitrogens is 2. The fraction of sp³-hybridized carbons (Fsp3) is 0.439. The third-order valence-corrected chi connectivity index (χ3v) is 15.6. The van der Waals surface area contributed by atoms with Crippen LogP contribution in [0.2, 0.25) is 0 Å². The molecule has 4 fully saturated rings. The second-order valence-corrected chi connectivity index (χ2v) is 20.1. The average Bonchev–Trinajstić information content (AvgIpc) is 3.90. The molecule has 72 heavy (non-hydrogen) atoms. The molecular formula is C57H66FN9O5. The molecular weight excluding hydrogens is 910 g/mol. The smallest absolute Gasteiger partial charge is 0.257 e. The topological polar surface area (TPSA) is 143 Å². The first kappa shape index (κ1) is 50.1. The van der Waals surface area contributed by atoms with Crippen LogP contribution in [0.1, 0.15) is 103 Å². The maximum Gasteiger partial charge on any atom is 0.257 e. The van der Waals surface area contributed by atoms with Crippen molar-refractivity contribution in [3.8, 4) is 11.8 Å². The summed E-state index contributed by atoms with van der Waals surface area (Å²) in [6, 6.07) is 25.0. The Morgan fingerprint density at radius 1 is 0.861 bits per heavy atom. The predicted molar refractivity (Wildman–Crippen MR) is 277 cm³/mol. The molecule has 9 rings (SSSR count). The standard InChI is InChI=1S/C57H66FN9O5/c1-39(65-27-23-44(24-28-65)55(70)59-35-41-7-6-8-47(58)33-41)48-15-13-43(49-9-4-5-10-50(48)49)12-11-40-19-25-64(26-20-40)31-32-67-37-46(36-60-67)57(72)66-29-21-42(22-30-66)45-14-16-51(53(34-45)62(2)38-68)63(3)52-17-18-54(69)61-56(52)71/h4-10,13-16,33-34,36-40,42,44,52H,17-32,35H2,1-3H3,(H,59,70)(H,61,69,71). The number of carbonyl (C=O) groups excluding carboxylic acids is 5. The lowest BCUT2D eigenvalue weighted by Gasteiger charge is -2.36. The molecule has 2 atom stereocenters. The Kier molecular flexibility index (Phi) is 15.8. The van der Waals surface area contributed by atoms with Gasteiger partial charge in [-0.3, -0.25) is 38.9 Å². The van der Waals surface area contributed by atoms with Crippen LogP contribution in [0.4, 0.5) is 15.8 Å². The van der Waals surface area contributed by atoms with Crippen molar-refractivity contribution in [1.29, 1.82) is 0 Å². The summed E-state index contributed by atoms with van der Waals surface area (Å²) in [6.07, 6.45) is 10.1. The molecule has 5 amide bonds. The third-order valence-electron chi connectivity index (χ3n) is 15.6. The van der Waals surface area contributed by atoms with E-state index in [2.05, 4.69) is 80.7 Å². The highest BCUT2D eigenvalue weighted by Crippen LogP contribution is 2.37. The van der Waals surface area contributed by atoms with E-state index < -0.39 is 6.04 Å². The summed E-state index contributed by atoms with van der Waals surface area (Å²) >= 11 is 0. The number of hydrogen-bond donors (Lipinski definition) is 2. The van der Waals surface area contributed by atoms with Crippen LogP contribution in [-0.2, 0) is 32.3 Å². The van der Waals surface area contributed by atoms with E-state index in [0.29, 0.717) is 49.8 Å². The molecule has 2 N–H and O–H groups in total. The second-order valence-electron chi connectivity index (χ2n) is 20.1. The summed E-state index contributed by atoms with van der Waals surface area (Å²) in [7, 11) is 3.51. The summed E-state index contributed by atoms with van der Waals surface area (Å²) < 4.78 is 15.5. The molecule has 4 aliphatic rings. The maximum absolute atomic E-state index is 13.7. The summed E-state index contributed by atoms with van der Waals surface area (Å²) in [6.45, 7) is 8.92. The summed E-state index contributed by atoms with van der Waals surface area (Å²) in [5.74, 6) is 6.78. The Morgan fingerprint density at radius 2 is 1.62 bits per heavy atom. The summed E-state index contributed by atoms with van der Waals surface area (Å²) in [5.41, 5.74) is 6.18. The zero-order chi connectivity index (χ0) is 50.3. The number of rotatable bonds is 14. The lowest BCUT2D eigenvalue weighted by molar-refractivity contribution is -0.134. The van der Waals surface area contributed by atoms with Crippen LogP contribution >= 0.6 is 0 Å². The summed E-state index contributed by atoms with van der Waals surface area (Å²) in [5, 5.41) is 12.4. The molecule has 14 nitrogen and oxygen atoms in total. The zero-order valence-corrected chi connectivity index (χ0v) is 41.7. The van der Waals surface area contributed by atoms with Gasteiger partial charge in [0, 0.05) is 76.3 Å². The van der Waals surface area contributed by atoms with Crippen molar-refractivity contribution in [3.63, 3.8) is 0 Å². The molecule has 376 valence electrons. The van der Waals surface area contributed by atoms with Crippen LogP contribution in [0.15, 0.2) is 91.3 Å². The largest absolute Gasteiger partial charge is 0.361 e. The van der Waals surface area contributed by atoms with Crippen molar-refractivity contribution >= 4 is 52.2 Å². The molecule has 1 aromatic heterocycles. The van der Waals surface area contributed by atoms with E-state index in [-0.39, 0.29) is 53.7 Å². The minimum absolute atomic E-state index is 0.0157. The molecule has 4 aliphatic heterocycles. The lowest BCUT2D eigenvalue weighted by Crippen LogP contribution is -2.51. The Hall–Kier alpha value is -6.89. The van der Waals surface area contributed by atoms with E-state index in [1.165, 1.54) is 33.4 Å². The number of likely N-dealkylation sites (tertiary alicyclic amines) is 3. The van der Waals surface area contributed by atoms with Crippen LogP contribution in [0, 0.1) is 29.5 Å². The van der Waals surface area contributed by atoms with Crippen LogP contribution < -0.4 is 20.4 Å². The monoisotopic (exact) mass is 976 g/mol. The number of amides is 5. The fourth-order valence-corrected chi connectivity index (χ4v) is 11.1. The van der Waals surface area contributed by atoms with Gasteiger partial charge in [-0.2, -0.15) is 5.10 Å². The van der Waals surface area contributed by atoms with Gasteiger partial charge in [-0.1, -0.05) is 60.4 Å². The van der Waals surface area contributed by atoms with Crippen LogP contribution in [0.3, 0.4) is 0 Å². The minimum Gasteiger partial charge on any atom is -0.361 e. The Morgan fingerprint density at radius 3 is 2.36 bits per heavy atom. The molecule has 0 radical (unpaired) electrons. The zero-order valence-electron chi connectivity index (χ0n) is 41.7. The van der Waals surface area contributed by atoms with Gasteiger partial charge in [-0.15, -0.1) is 0 Å². The average molecular weight is 976 g/mol. The highest BCUT2D eigenvalue weighted by molar-refractivity contribution is 6.02. The predicted octanol–water partition coefficient (Wildman–Crippen LogP) is 6.88. The highest BCUT2D eigenvalue weighted by atomic mass is 19.1. The Bertz CT molecular complexity index is 2850. The van der Waals surface area contributed by atoms with Gasteiger partial charge in [0.2, 0.25) is 24.1 Å². The van der Waals surface area contributed by atoms with Crippen molar-refractivity contribution in [2.75, 3.05) is 69.7 Å². The molecule has 0 aliphatic carbocycles. The van der Waals surface area contributed by atoms with Crippen LogP contribution in [0.25, 0.3) is 10.8 Å². The van der Waals surface area contributed by atoms with Crippen molar-refractivity contribution in [1.82, 2.24) is 35.1 Å². The number of anilines is 2. The van der Waals surface area contributed by atoms with E-state index in [1.807, 2.05) is 52.0 Å². The molecule has 4 aromatic carbocycles. The number of nitrogens with zero attached hydrogens (tertiary/aromatic N) is 7. The van der Waals surface area contributed by atoms with Crippen LogP contribution in [-0.4, -0.2) is 120 Å². The number of benzene rings is 4. The van der Waals surface area contributed by atoms with E-state index in [0.717, 1.165) is 100 Å².